The highest BCUT2D eigenvalue weighted by atomic mass is 32.2. The summed E-state index contributed by atoms with van der Waals surface area (Å²) < 4.78 is 69.0. The maximum atomic E-state index is 13.7. The molecule has 4 bridgehead atoms. The number of hydrogen-bond donors (Lipinski definition) is 2. The van der Waals surface area contributed by atoms with Crippen molar-refractivity contribution in [1.29, 1.82) is 0 Å². The molecule has 0 aliphatic heterocycles. The van der Waals surface area contributed by atoms with Crippen molar-refractivity contribution in [2.75, 3.05) is 6.54 Å². The van der Waals surface area contributed by atoms with Gasteiger partial charge in [0.25, 0.3) is 0 Å². The van der Waals surface area contributed by atoms with Crippen molar-refractivity contribution < 1.29 is 31.2 Å². The molecule has 4 fully saturated rings. The van der Waals surface area contributed by atoms with Crippen LogP contribution < -0.4 is 11.1 Å². The molecule has 0 radical (unpaired) electrons. The number of amides is 2. The number of rotatable bonds is 8. The molecule has 1 aromatic carbocycles. The van der Waals surface area contributed by atoms with Gasteiger partial charge in [0, 0.05) is 18.0 Å². The van der Waals surface area contributed by atoms with Crippen LogP contribution in [0.15, 0.2) is 29.2 Å². The standard InChI is InChI=1S/C25H34F3N3O4S/c1-4-9-31(36(34,35)19-8-6-5-7-18(19)25(26,27)28)23(2,3)22(33)30-20-16-10-15-11-17(20)14-24(12-15,13-16)21(29)32/h5-8,15-17,20H,4,9-14H2,1-3H3,(H2,29,32)(H,30,33). The minimum absolute atomic E-state index is 0.0608. The summed E-state index contributed by atoms with van der Waals surface area (Å²) in [6, 6.07) is 3.80. The number of carbonyl (C=O) groups is 2. The van der Waals surface area contributed by atoms with Crippen LogP contribution in [0, 0.1) is 23.2 Å². The van der Waals surface area contributed by atoms with E-state index in [1.54, 1.807) is 6.92 Å². The van der Waals surface area contributed by atoms with Crippen molar-refractivity contribution in [3.05, 3.63) is 29.8 Å². The predicted molar refractivity (Wildman–Crippen MR) is 127 cm³/mol. The highest BCUT2D eigenvalue weighted by Gasteiger charge is 2.58. The predicted octanol–water partition coefficient (Wildman–Crippen LogP) is 3.68. The van der Waals surface area contributed by atoms with Crippen LogP contribution in [0.5, 0.6) is 0 Å². The lowest BCUT2D eigenvalue weighted by molar-refractivity contribution is -0.148. The Morgan fingerprint density at radius 1 is 1.11 bits per heavy atom. The SMILES string of the molecule is CCCN(C(C)(C)C(=O)NC1C2CC3CC1CC(C(N)=O)(C3)C2)S(=O)(=O)c1ccccc1C(F)(F)F. The number of carbonyl (C=O) groups excluding carboxylic acids is 2. The number of nitrogens with two attached hydrogens (primary N) is 1. The molecule has 2 amide bonds. The number of hydrogen-bond acceptors (Lipinski definition) is 4. The van der Waals surface area contributed by atoms with Crippen LogP contribution in [0.4, 0.5) is 13.2 Å². The van der Waals surface area contributed by atoms with Gasteiger partial charge in [-0.15, -0.1) is 0 Å². The molecule has 0 saturated heterocycles. The molecule has 0 heterocycles. The number of nitrogens with one attached hydrogen (secondary N) is 1. The molecule has 3 N–H and O–H groups in total. The largest absolute Gasteiger partial charge is 0.417 e. The Labute approximate surface area is 210 Å². The lowest BCUT2D eigenvalue weighted by Gasteiger charge is -2.59. The van der Waals surface area contributed by atoms with E-state index in [1.165, 1.54) is 19.9 Å². The van der Waals surface area contributed by atoms with Crippen LogP contribution in [0.25, 0.3) is 0 Å². The Morgan fingerprint density at radius 2 is 1.69 bits per heavy atom. The molecule has 7 nitrogen and oxygen atoms in total. The average Bonchev–Trinajstić information content (AvgIpc) is 2.78. The molecule has 4 aliphatic carbocycles. The van der Waals surface area contributed by atoms with Gasteiger partial charge in [-0.3, -0.25) is 9.59 Å². The van der Waals surface area contributed by atoms with Crippen molar-refractivity contribution in [2.24, 2.45) is 28.9 Å². The van der Waals surface area contributed by atoms with Gasteiger partial charge in [0.05, 0.1) is 10.5 Å². The minimum atomic E-state index is -4.87. The van der Waals surface area contributed by atoms with Crippen LogP contribution in [-0.2, 0) is 25.8 Å². The molecule has 36 heavy (non-hydrogen) atoms. The summed E-state index contributed by atoms with van der Waals surface area (Å²) in [5.41, 5.74) is 2.30. The first-order chi connectivity index (χ1) is 16.6. The van der Waals surface area contributed by atoms with Gasteiger partial charge in [-0.25, -0.2) is 8.42 Å². The van der Waals surface area contributed by atoms with Crippen molar-refractivity contribution >= 4 is 21.8 Å². The third kappa shape index (κ3) is 4.42. The fourth-order valence-corrected chi connectivity index (χ4v) is 9.01. The quantitative estimate of drug-likeness (QED) is 0.535. The second kappa shape index (κ2) is 9.01. The second-order valence-electron chi connectivity index (χ2n) is 11.2. The number of primary amides is 1. The monoisotopic (exact) mass is 529 g/mol. The summed E-state index contributed by atoms with van der Waals surface area (Å²) >= 11 is 0. The highest BCUT2D eigenvalue weighted by Crippen LogP contribution is 2.60. The van der Waals surface area contributed by atoms with Crippen LogP contribution in [-0.4, -0.2) is 42.7 Å². The van der Waals surface area contributed by atoms with Crippen LogP contribution in [0.1, 0.15) is 64.9 Å². The third-order valence-electron chi connectivity index (χ3n) is 8.46. The smallest absolute Gasteiger partial charge is 0.369 e. The van der Waals surface area contributed by atoms with E-state index in [9.17, 15) is 31.2 Å². The molecular weight excluding hydrogens is 495 g/mol. The molecular formula is C25H34F3N3O4S. The lowest BCUT2D eigenvalue weighted by atomic mass is 9.47. The first kappa shape index (κ1) is 26.9. The van der Waals surface area contributed by atoms with Crippen molar-refractivity contribution in [2.45, 2.75) is 81.9 Å². The zero-order chi connectivity index (χ0) is 26.7. The number of halogens is 3. The van der Waals surface area contributed by atoms with Crippen LogP contribution >= 0.6 is 0 Å². The van der Waals surface area contributed by atoms with E-state index in [4.69, 9.17) is 5.73 Å². The normalized spacial score (nSPS) is 30.0. The highest BCUT2D eigenvalue weighted by molar-refractivity contribution is 7.89. The van der Waals surface area contributed by atoms with E-state index in [1.807, 2.05) is 0 Å². The van der Waals surface area contributed by atoms with Gasteiger partial charge < -0.3 is 11.1 Å². The fourth-order valence-electron chi connectivity index (χ4n) is 6.95. The maximum absolute atomic E-state index is 13.7. The Hall–Kier alpha value is -2.14. The van der Waals surface area contributed by atoms with Gasteiger partial charge in [-0.05, 0) is 82.3 Å². The van der Waals surface area contributed by atoms with Crippen molar-refractivity contribution in [3.8, 4) is 0 Å². The molecule has 11 heteroatoms. The molecule has 1 aromatic rings. The Balaban J connectivity index is 1.62. The number of sulfonamides is 1. The summed E-state index contributed by atoms with van der Waals surface area (Å²) in [6.45, 7) is 4.42. The van der Waals surface area contributed by atoms with Gasteiger partial charge in [0.15, 0.2) is 0 Å². The Bertz CT molecular complexity index is 1140. The molecule has 200 valence electrons. The third-order valence-corrected chi connectivity index (χ3v) is 10.6. The fraction of sp³-hybridized carbons (Fsp3) is 0.680. The van der Waals surface area contributed by atoms with Crippen LogP contribution in [0.2, 0.25) is 0 Å². The molecule has 4 aliphatic rings. The maximum Gasteiger partial charge on any atom is 0.417 e. The molecule has 5 rings (SSSR count). The van der Waals surface area contributed by atoms with E-state index in [0.29, 0.717) is 25.2 Å². The van der Waals surface area contributed by atoms with E-state index < -0.39 is 43.5 Å². The summed E-state index contributed by atoms with van der Waals surface area (Å²) in [7, 11) is -4.67. The van der Waals surface area contributed by atoms with Gasteiger partial charge >= 0.3 is 6.18 Å². The van der Waals surface area contributed by atoms with E-state index in [-0.39, 0.29) is 30.3 Å². The van der Waals surface area contributed by atoms with Crippen molar-refractivity contribution in [3.63, 3.8) is 0 Å². The summed E-state index contributed by atoms with van der Waals surface area (Å²) in [4.78, 5) is 25.0. The topological polar surface area (TPSA) is 110 Å². The first-order valence-corrected chi connectivity index (χ1v) is 13.9. The molecule has 0 aromatic heterocycles. The van der Waals surface area contributed by atoms with E-state index in [2.05, 4.69) is 5.32 Å². The van der Waals surface area contributed by atoms with E-state index >= 15 is 0 Å². The zero-order valence-electron chi connectivity index (χ0n) is 20.8. The molecule has 2 unspecified atom stereocenters. The summed E-state index contributed by atoms with van der Waals surface area (Å²) in [6.07, 6.45) is -0.859. The van der Waals surface area contributed by atoms with Gasteiger partial charge in [-0.2, -0.15) is 17.5 Å². The summed E-state index contributed by atoms with van der Waals surface area (Å²) in [5.74, 6) is -0.353. The Kier molecular flexibility index (Phi) is 6.73. The molecule has 0 spiro atoms. The average molecular weight is 530 g/mol. The minimum Gasteiger partial charge on any atom is -0.369 e. The second-order valence-corrected chi connectivity index (χ2v) is 13.1. The van der Waals surface area contributed by atoms with Crippen molar-refractivity contribution in [1.82, 2.24) is 9.62 Å². The van der Waals surface area contributed by atoms with Gasteiger partial charge in [0.2, 0.25) is 21.8 Å². The number of benzene rings is 1. The molecule has 4 saturated carbocycles. The zero-order valence-corrected chi connectivity index (χ0v) is 21.6. The number of nitrogens with zero attached hydrogens (tertiary/aromatic N) is 1. The lowest BCUT2D eigenvalue weighted by Crippen LogP contribution is -2.65. The van der Waals surface area contributed by atoms with Crippen LogP contribution in [0.3, 0.4) is 0 Å². The number of alkyl halides is 3. The molecule has 2 atom stereocenters. The van der Waals surface area contributed by atoms with Gasteiger partial charge in [0.1, 0.15) is 5.54 Å². The summed E-state index contributed by atoms with van der Waals surface area (Å²) in [5, 5.41) is 3.05. The van der Waals surface area contributed by atoms with Gasteiger partial charge in [-0.1, -0.05) is 19.1 Å². The first-order valence-electron chi connectivity index (χ1n) is 12.4. The van der Waals surface area contributed by atoms with E-state index in [0.717, 1.165) is 41.8 Å². The Morgan fingerprint density at radius 3 is 2.22 bits per heavy atom.